The molecule has 1 aliphatic rings. The van der Waals surface area contributed by atoms with E-state index >= 15 is 0 Å². The van der Waals surface area contributed by atoms with Crippen LogP contribution in [0.25, 0.3) is 11.0 Å². The summed E-state index contributed by atoms with van der Waals surface area (Å²) in [4.78, 5) is 36.7. The van der Waals surface area contributed by atoms with Crippen LogP contribution in [0.3, 0.4) is 0 Å². The van der Waals surface area contributed by atoms with E-state index in [1.54, 1.807) is 48.7 Å². The lowest BCUT2D eigenvalue weighted by Gasteiger charge is -2.28. The highest BCUT2D eigenvalue weighted by molar-refractivity contribution is 6.10. The second-order valence-corrected chi connectivity index (χ2v) is 8.73. The van der Waals surface area contributed by atoms with Gasteiger partial charge in [-0.1, -0.05) is 6.07 Å². The summed E-state index contributed by atoms with van der Waals surface area (Å²) in [5, 5.41) is 8.22. The highest BCUT2D eigenvalue weighted by atomic mass is 19.4. The Morgan fingerprint density at radius 2 is 1.55 bits per heavy atom. The fourth-order valence-electron chi connectivity index (χ4n) is 4.13. The van der Waals surface area contributed by atoms with Crippen LogP contribution in [0.15, 0.2) is 72.9 Å². The molecule has 3 N–H and O–H groups in total. The van der Waals surface area contributed by atoms with Crippen LogP contribution in [0, 0.1) is 0 Å². The van der Waals surface area contributed by atoms with E-state index < -0.39 is 17.8 Å². The number of benzene rings is 3. The first-order valence-corrected chi connectivity index (χ1v) is 11.9. The Hall–Kier alpha value is -4.51. The van der Waals surface area contributed by atoms with Gasteiger partial charge in [-0.25, -0.2) is 9.78 Å². The first kappa shape index (κ1) is 25.2. The maximum absolute atomic E-state index is 13.1. The molecule has 1 aromatic heterocycles. The third-order valence-corrected chi connectivity index (χ3v) is 6.09. The maximum Gasteiger partial charge on any atom is 0.416 e. The molecule has 5 rings (SSSR count). The summed E-state index contributed by atoms with van der Waals surface area (Å²) < 4.78 is 38.6. The van der Waals surface area contributed by atoms with Crippen molar-refractivity contribution in [2.24, 2.45) is 0 Å². The highest BCUT2D eigenvalue weighted by Crippen LogP contribution is 2.30. The Kier molecular flexibility index (Phi) is 6.93. The summed E-state index contributed by atoms with van der Waals surface area (Å²) >= 11 is 0. The van der Waals surface area contributed by atoms with Crippen molar-refractivity contribution < 1.29 is 22.8 Å². The molecule has 0 radical (unpaired) electrons. The van der Waals surface area contributed by atoms with Crippen molar-refractivity contribution in [3.05, 3.63) is 89.6 Å². The fourth-order valence-corrected chi connectivity index (χ4v) is 4.13. The average molecular weight is 521 g/mol. The van der Waals surface area contributed by atoms with Gasteiger partial charge >= 0.3 is 12.2 Å². The lowest BCUT2D eigenvalue weighted by molar-refractivity contribution is -0.137. The van der Waals surface area contributed by atoms with Gasteiger partial charge in [0.05, 0.1) is 22.8 Å². The number of nitrogens with one attached hydrogen (secondary N) is 3. The normalized spacial score (nSPS) is 13.8. The molecule has 11 heteroatoms. The zero-order valence-electron chi connectivity index (χ0n) is 20.0. The molecule has 194 valence electrons. The zero-order valence-corrected chi connectivity index (χ0v) is 20.0. The van der Waals surface area contributed by atoms with Gasteiger partial charge in [0, 0.05) is 48.7 Å². The second kappa shape index (κ2) is 10.5. The van der Waals surface area contributed by atoms with Crippen LogP contribution >= 0.6 is 0 Å². The molecule has 2 heterocycles. The molecule has 0 saturated carbocycles. The number of piperazine rings is 1. The Bertz CT molecular complexity index is 1480. The first-order chi connectivity index (χ1) is 18.3. The molecule has 0 aliphatic carbocycles. The molecule has 2 amide bonds. The number of ketones is 1. The van der Waals surface area contributed by atoms with Crippen LogP contribution in [0.4, 0.5) is 35.2 Å². The number of alkyl halides is 3. The zero-order chi connectivity index (χ0) is 26.7. The molecule has 0 spiro atoms. The summed E-state index contributed by atoms with van der Waals surface area (Å²) in [6.07, 6.45) is -2.77. The molecular formula is C27H23F3N6O2. The number of hydrogen-bond acceptors (Lipinski definition) is 6. The molecule has 1 aliphatic heterocycles. The van der Waals surface area contributed by atoms with Gasteiger partial charge in [-0.2, -0.15) is 13.2 Å². The predicted octanol–water partition coefficient (Wildman–Crippen LogP) is 4.93. The van der Waals surface area contributed by atoms with E-state index in [4.69, 9.17) is 4.98 Å². The smallest absolute Gasteiger partial charge is 0.353 e. The van der Waals surface area contributed by atoms with E-state index in [1.165, 1.54) is 12.1 Å². The van der Waals surface area contributed by atoms with Gasteiger partial charge in [0.15, 0.2) is 5.78 Å². The third-order valence-electron chi connectivity index (χ3n) is 6.09. The molecule has 8 nitrogen and oxygen atoms in total. The molecule has 1 saturated heterocycles. The van der Waals surface area contributed by atoms with Crippen molar-refractivity contribution in [1.29, 1.82) is 0 Å². The topological polar surface area (TPSA) is 99.2 Å². The lowest BCUT2D eigenvalue weighted by atomic mass is 10.0. The number of carbonyl (C=O) groups excluding carboxylic acids is 2. The molecule has 0 unspecified atom stereocenters. The molecule has 0 bridgehead atoms. The maximum atomic E-state index is 13.1. The number of halogens is 3. The van der Waals surface area contributed by atoms with Crippen molar-refractivity contribution >= 4 is 40.0 Å². The van der Waals surface area contributed by atoms with Gasteiger partial charge in [-0.05, 0) is 60.7 Å². The van der Waals surface area contributed by atoms with Gasteiger partial charge in [-0.15, -0.1) is 0 Å². The van der Waals surface area contributed by atoms with Crippen molar-refractivity contribution in [3.63, 3.8) is 0 Å². The quantitative estimate of drug-likeness (QED) is 0.323. The number of hydrogen-bond donors (Lipinski definition) is 3. The first-order valence-electron chi connectivity index (χ1n) is 11.9. The van der Waals surface area contributed by atoms with Crippen LogP contribution in [0.1, 0.15) is 21.5 Å². The summed E-state index contributed by atoms with van der Waals surface area (Å²) in [6.45, 7) is 3.40. The number of anilines is 3. The van der Waals surface area contributed by atoms with E-state index in [-0.39, 0.29) is 11.5 Å². The monoisotopic (exact) mass is 520 g/mol. The fraction of sp³-hybridized carbons (Fsp3) is 0.185. The van der Waals surface area contributed by atoms with Gasteiger partial charge in [0.25, 0.3) is 0 Å². The number of carbonyl (C=O) groups is 2. The number of aromatic nitrogens is 2. The standard InChI is InChI=1S/C27H23F3N6O2/c28-27(29,30)19-2-1-3-21(15-19)34-26(38)33-20-7-4-17(5-8-20)25(37)18-6-9-22-23(14-18)35-24(16-32-22)36-12-10-31-11-13-36/h1-9,14-16,31H,10-13H2,(H2,33,34,38). The molecule has 38 heavy (non-hydrogen) atoms. The van der Waals surface area contributed by atoms with Gasteiger partial charge in [-0.3, -0.25) is 9.78 Å². The van der Waals surface area contributed by atoms with E-state index in [0.717, 1.165) is 44.1 Å². The summed E-state index contributed by atoms with van der Waals surface area (Å²) in [6, 6.07) is 15.0. The highest BCUT2D eigenvalue weighted by Gasteiger charge is 2.30. The number of amides is 2. The van der Waals surface area contributed by atoms with E-state index in [2.05, 4.69) is 25.8 Å². The SMILES string of the molecule is O=C(Nc1ccc(C(=O)c2ccc3ncc(N4CCNCC4)nc3c2)cc1)Nc1cccc(C(F)(F)F)c1. The van der Waals surface area contributed by atoms with Gasteiger partial charge in [0.1, 0.15) is 5.82 Å². The van der Waals surface area contributed by atoms with E-state index in [0.29, 0.717) is 27.8 Å². The predicted molar refractivity (Wildman–Crippen MR) is 139 cm³/mol. The average Bonchev–Trinajstić information content (AvgIpc) is 2.92. The van der Waals surface area contributed by atoms with Crippen LogP contribution in [-0.2, 0) is 6.18 Å². The molecule has 0 atom stereocenters. The Morgan fingerprint density at radius 1 is 0.842 bits per heavy atom. The minimum Gasteiger partial charge on any atom is -0.353 e. The van der Waals surface area contributed by atoms with Gasteiger partial charge < -0.3 is 20.9 Å². The Morgan fingerprint density at radius 3 is 2.29 bits per heavy atom. The summed E-state index contributed by atoms with van der Waals surface area (Å²) in [5.41, 5.74) is 1.67. The molecule has 1 fully saturated rings. The number of rotatable bonds is 5. The largest absolute Gasteiger partial charge is 0.416 e. The molecular weight excluding hydrogens is 497 g/mol. The second-order valence-electron chi connectivity index (χ2n) is 8.73. The van der Waals surface area contributed by atoms with Crippen molar-refractivity contribution in [1.82, 2.24) is 15.3 Å². The minimum atomic E-state index is -4.51. The Labute approximate surface area is 215 Å². The van der Waals surface area contributed by atoms with Crippen molar-refractivity contribution in [2.45, 2.75) is 6.18 Å². The van der Waals surface area contributed by atoms with E-state index in [9.17, 15) is 22.8 Å². The van der Waals surface area contributed by atoms with Crippen molar-refractivity contribution in [3.8, 4) is 0 Å². The van der Waals surface area contributed by atoms with Crippen LogP contribution in [0.2, 0.25) is 0 Å². The lowest BCUT2D eigenvalue weighted by Crippen LogP contribution is -2.43. The van der Waals surface area contributed by atoms with Gasteiger partial charge in [0.2, 0.25) is 0 Å². The summed E-state index contributed by atoms with van der Waals surface area (Å²) in [5.74, 6) is 0.545. The van der Waals surface area contributed by atoms with Crippen LogP contribution in [0.5, 0.6) is 0 Å². The third kappa shape index (κ3) is 5.73. The van der Waals surface area contributed by atoms with E-state index in [1.807, 2.05) is 0 Å². The number of fused-ring (bicyclic) bond motifs is 1. The summed E-state index contributed by atoms with van der Waals surface area (Å²) in [7, 11) is 0. The molecule has 4 aromatic rings. The van der Waals surface area contributed by atoms with Crippen molar-refractivity contribution in [2.75, 3.05) is 41.7 Å². The minimum absolute atomic E-state index is 0.00337. The van der Waals surface area contributed by atoms with Crippen LogP contribution in [-0.4, -0.2) is 48.0 Å². The van der Waals surface area contributed by atoms with Crippen LogP contribution < -0.4 is 20.9 Å². The molecule has 3 aromatic carbocycles. The number of urea groups is 1. The number of nitrogens with zero attached hydrogens (tertiary/aromatic N) is 3. The Balaban J connectivity index is 1.26.